The van der Waals surface area contributed by atoms with Crippen LogP contribution in [-0.2, 0) is 11.2 Å². The highest BCUT2D eigenvalue weighted by atomic mass is 35.5. The standard InChI is InChI=1S/C10H10ClFO/c1-6(13)3-8-4-9(11)7(2)10(12)5-8/h4-5H,3H2,1-2H3. The molecule has 0 fully saturated rings. The van der Waals surface area contributed by atoms with Crippen molar-refractivity contribution < 1.29 is 9.18 Å². The highest BCUT2D eigenvalue weighted by molar-refractivity contribution is 6.31. The van der Waals surface area contributed by atoms with Gasteiger partial charge in [0.15, 0.2) is 0 Å². The van der Waals surface area contributed by atoms with E-state index in [0.717, 1.165) is 0 Å². The van der Waals surface area contributed by atoms with E-state index in [2.05, 4.69) is 0 Å². The number of rotatable bonds is 2. The molecule has 0 spiro atoms. The Labute approximate surface area is 81.5 Å². The van der Waals surface area contributed by atoms with Crippen LogP contribution in [0.25, 0.3) is 0 Å². The van der Waals surface area contributed by atoms with Crippen molar-refractivity contribution in [3.05, 3.63) is 34.1 Å². The van der Waals surface area contributed by atoms with Crippen molar-refractivity contribution in [2.24, 2.45) is 0 Å². The lowest BCUT2D eigenvalue weighted by Gasteiger charge is -2.03. The van der Waals surface area contributed by atoms with Crippen LogP contribution in [-0.4, -0.2) is 5.78 Å². The molecule has 0 saturated heterocycles. The van der Waals surface area contributed by atoms with Gasteiger partial charge >= 0.3 is 0 Å². The summed E-state index contributed by atoms with van der Waals surface area (Å²) in [6.45, 7) is 3.07. The number of Topliss-reactive ketones (excluding diaryl/α,β-unsaturated/α-hetero) is 1. The number of benzene rings is 1. The number of ketones is 1. The van der Waals surface area contributed by atoms with Crippen molar-refractivity contribution in [3.8, 4) is 0 Å². The van der Waals surface area contributed by atoms with Crippen molar-refractivity contribution in [3.63, 3.8) is 0 Å². The van der Waals surface area contributed by atoms with E-state index in [1.165, 1.54) is 13.0 Å². The van der Waals surface area contributed by atoms with Crippen molar-refractivity contribution in [1.29, 1.82) is 0 Å². The molecule has 0 amide bonds. The SMILES string of the molecule is CC(=O)Cc1cc(F)c(C)c(Cl)c1. The summed E-state index contributed by atoms with van der Waals surface area (Å²) in [6, 6.07) is 2.98. The maximum absolute atomic E-state index is 13.1. The molecule has 1 rings (SSSR count). The fourth-order valence-electron chi connectivity index (χ4n) is 1.09. The summed E-state index contributed by atoms with van der Waals surface area (Å²) in [5.41, 5.74) is 1.05. The number of carbonyl (C=O) groups is 1. The molecule has 0 heterocycles. The Balaban J connectivity index is 3.06. The Kier molecular flexibility index (Phi) is 3.04. The van der Waals surface area contributed by atoms with Crippen LogP contribution in [0.2, 0.25) is 5.02 Å². The summed E-state index contributed by atoms with van der Waals surface area (Å²) in [5.74, 6) is -0.358. The van der Waals surface area contributed by atoms with E-state index in [4.69, 9.17) is 11.6 Å². The Hall–Kier alpha value is -0.890. The molecule has 13 heavy (non-hydrogen) atoms. The molecule has 0 aliphatic rings. The van der Waals surface area contributed by atoms with Crippen LogP contribution in [0.4, 0.5) is 4.39 Å². The molecule has 0 unspecified atom stereocenters. The van der Waals surface area contributed by atoms with E-state index >= 15 is 0 Å². The lowest BCUT2D eigenvalue weighted by Crippen LogP contribution is -1.98. The molecule has 0 bridgehead atoms. The number of hydrogen-bond donors (Lipinski definition) is 0. The van der Waals surface area contributed by atoms with Crippen LogP contribution in [0.1, 0.15) is 18.1 Å². The predicted molar refractivity (Wildman–Crippen MR) is 50.5 cm³/mol. The van der Waals surface area contributed by atoms with Gasteiger partial charge in [0.25, 0.3) is 0 Å². The first-order valence-electron chi connectivity index (χ1n) is 3.94. The van der Waals surface area contributed by atoms with Gasteiger partial charge in [0.1, 0.15) is 11.6 Å². The van der Waals surface area contributed by atoms with Crippen molar-refractivity contribution in [2.45, 2.75) is 20.3 Å². The van der Waals surface area contributed by atoms with Crippen LogP contribution < -0.4 is 0 Å². The number of halogens is 2. The topological polar surface area (TPSA) is 17.1 Å². The van der Waals surface area contributed by atoms with Crippen LogP contribution >= 0.6 is 11.6 Å². The molecule has 1 nitrogen and oxygen atoms in total. The van der Waals surface area contributed by atoms with Gasteiger partial charge in [-0.1, -0.05) is 11.6 Å². The summed E-state index contributed by atoms with van der Waals surface area (Å²) in [5, 5.41) is 0.372. The quantitative estimate of drug-likeness (QED) is 0.718. The third-order valence-electron chi connectivity index (χ3n) is 1.79. The molecule has 3 heteroatoms. The number of carbonyl (C=O) groups excluding carboxylic acids is 1. The highest BCUT2D eigenvalue weighted by Crippen LogP contribution is 2.20. The minimum atomic E-state index is -0.358. The second kappa shape index (κ2) is 3.88. The largest absolute Gasteiger partial charge is 0.300 e. The average molecular weight is 201 g/mol. The summed E-state index contributed by atoms with van der Waals surface area (Å²) in [7, 11) is 0. The van der Waals surface area contributed by atoms with Gasteiger partial charge in [0.05, 0.1) is 0 Å². The second-order valence-corrected chi connectivity index (χ2v) is 3.47. The molecule has 70 valence electrons. The van der Waals surface area contributed by atoms with Gasteiger partial charge in [-0.3, -0.25) is 4.79 Å². The molecular formula is C10H10ClFO. The zero-order chi connectivity index (χ0) is 10.0. The molecule has 0 atom stereocenters. The summed E-state index contributed by atoms with van der Waals surface area (Å²) in [4.78, 5) is 10.8. The minimum Gasteiger partial charge on any atom is -0.300 e. The average Bonchev–Trinajstić information content (AvgIpc) is 1.98. The van der Waals surface area contributed by atoms with Gasteiger partial charge in [0, 0.05) is 17.0 Å². The van der Waals surface area contributed by atoms with Crippen LogP contribution in [0.3, 0.4) is 0 Å². The van der Waals surface area contributed by atoms with E-state index in [1.54, 1.807) is 13.0 Å². The van der Waals surface area contributed by atoms with Crippen LogP contribution in [0.15, 0.2) is 12.1 Å². The van der Waals surface area contributed by atoms with Crippen LogP contribution in [0, 0.1) is 12.7 Å². The van der Waals surface area contributed by atoms with E-state index in [-0.39, 0.29) is 18.0 Å². The summed E-state index contributed by atoms with van der Waals surface area (Å²) in [6.07, 6.45) is 0.233. The zero-order valence-electron chi connectivity index (χ0n) is 7.53. The lowest BCUT2D eigenvalue weighted by atomic mass is 10.1. The fraction of sp³-hybridized carbons (Fsp3) is 0.300. The monoisotopic (exact) mass is 200 g/mol. The maximum Gasteiger partial charge on any atom is 0.134 e. The molecule has 0 aliphatic heterocycles. The Morgan fingerprint density at radius 1 is 1.54 bits per heavy atom. The Morgan fingerprint density at radius 2 is 2.15 bits per heavy atom. The molecule has 0 N–H and O–H groups in total. The van der Waals surface area contributed by atoms with Gasteiger partial charge in [-0.05, 0) is 31.5 Å². The van der Waals surface area contributed by atoms with E-state index < -0.39 is 0 Å². The first-order chi connectivity index (χ1) is 6.00. The molecule has 0 aliphatic carbocycles. The normalized spacial score (nSPS) is 10.2. The van der Waals surface area contributed by atoms with E-state index in [1.807, 2.05) is 0 Å². The molecular weight excluding hydrogens is 191 g/mol. The molecule has 0 saturated carbocycles. The Bertz CT molecular complexity index is 324. The van der Waals surface area contributed by atoms with Gasteiger partial charge < -0.3 is 0 Å². The second-order valence-electron chi connectivity index (χ2n) is 3.06. The fourth-order valence-corrected chi connectivity index (χ4v) is 1.32. The lowest BCUT2D eigenvalue weighted by molar-refractivity contribution is -0.116. The first kappa shape index (κ1) is 10.2. The highest BCUT2D eigenvalue weighted by Gasteiger charge is 2.06. The van der Waals surface area contributed by atoms with Crippen molar-refractivity contribution in [2.75, 3.05) is 0 Å². The van der Waals surface area contributed by atoms with Gasteiger partial charge in [-0.25, -0.2) is 4.39 Å². The predicted octanol–water partition coefficient (Wildman–Crippen LogP) is 2.92. The number of hydrogen-bond acceptors (Lipinski definition) is 1. The molecule has 0 radical (unpaired) electrons. The van der Waals surface area contributed by atoms with Crippen molar-refractivity contribution in [1.82, 2.24) is 0 Å². The zero-order valence-corrected chi connectivity index (χ0v) is 8.28. The van der Waals surface area contributed by atoms with Gasteiger partial charge in [0.2, 0.25) is 0 Å². The van der Waals surface area contributed by atoms with Crippen molar-refractivity contribution >= 4 is 17.4 Å². The molecule has 1 aromatic rings. The Morgan fingerprint density at radius 3 is 2.62 bits per heavy atom. The van der Waals surface area contributed by atoms with Crippen LogP contribution in [0.5, 0.6) is 0 Å². The third kappa shape index (κ3) is 2.52. The van der Waals surface area contributed by atoms with Gasteiger partial charge in [-0.15, -0.1) is 0 Å². The maximum atomic E-state index is 13.1. The van der Waals surface area contributed by atoms with Gasteiger partial charge in [-0.2, -0.15) is 0 Å². The summed E-state index contributed by atoms with van der Waals surface area (Å²) < 4.78 is 13.1. The third-order valence-corrected chi connectivity index (χ3v) is 2.19. The first-order valence-corrected chi connectivity index (χ1v) is 4.32. The van der Waals surface area contributed by atoms with E-state index in [9.17, 15) is 9.18 Å². The molecule has 1 aromatic carbocycles. The molecule has 0 aromatic heterocycles. The minimum absolute atomic E-state index is 0.000630. The smallest absolute Gasteiger partial charge is 0.134 e. The van der Waals surface area contributed by atoms with E-state index in [0.29, 0.717) is 16.1 Å². The summed E-state index contributed by atoms with van der Waals surface area (Å²) >= 11 is 5.75.